The molecular weight excluding hydrogens is 604 g/mol. The molecule has 2 bridgehead atoms. The second kappa shape index (κ2) is 11.1. The van der Waals surface area contributed by atoms with Crippen molar-refractivity contribution in [2.24, 2.45) is 11.8 Å². The number of pyridine rings is 1. The van der Waals surface area contributed by atoms with Crippen molar-refractivity contribution in [1.29, 1.82) is 0 Å². The Balaban J connectivity index is 1.22. The summed E-state index contributed by atoms with van der Waals surface area (Å²) < 4.78 is 60.0. The average Bonchev–Trinajstić information content (AvgIpc) is 3.52. The van der Waals surface area contributed by atoms with Crippen LogP contribution in [0.25, 0.3) is 11.3 Å². The number of hydrogen-bond donors (Lipinski definition) is 3. The molecule has 2 unspecified atom stereocenters. The van der Waals surface area contributed by atoms with Crippen molar-refractivity contribution in [3.05, 3.63) is 94.9 Å². The molecule has 5 atom stereocenters. The summed E-state index contributed by atoms with van der Waals surface area (Å²) in [6, 6.07) is 11.7. The van der Waals surface area contributed by atoms with Gasteiger partial charge in [0.2, 0.25) is 0 Å². The lowest BCUT2D eigenvalue weighted by atomic mass is 9.70. The molecule has 2 aliphatic rings. The molecule has 2 aromatic carbocycles. The number of aliphatic hydroxyl groups excluding tert-OH is 1. The molecule has 0 radical (unpaired) electrons. The van der Waals surface area contributed by atoms with E-state index in [2.05, 4.69) is 15.5 Å². The summed E-state index contributed by atoms with van der Waals surface area (Å²) in [5, 5.41) is 28.5. The number of aromatic nitrogens is 2. The van der Waals surface area contributed by atoms with Gasteiger partial charge in [-0.3, -0.25) is 9.78 Å². The highest BCUT2D eigenvalue weighted by Crippen LogP contribution is 2.56. The van der Waals surface area contributed by atoms with Gasteiger partial charge in [0.1, 0.15) is 17.4 Å². The van der Waals surface area contributed by atoms with Gasteiger partial charge in [-0.15, -0.1) is 0 Å². The Labute approximate surface area is 250 Å². The highest BCUT2D eigenvalue weighted by Gasteiger charge is 2.60. The van der Waals surface area contributed by atoms with E-state index in [1.54, 1.807) is 30.6 Å². The van der Waals surface area contributed by atoms with Crippen LogP contribution in [-0.2, 0) is 9.84 Å². The third-order valence-corrected chi connectivity index (χ3v) is 11.2. The average molecular weight is 630 g/mol. The molecule has 3 N–H and O–H groups in total. The Bertz CT molecular complexity index is 1790. The summed E-state index contributed by atoms with van der Waals surface area (Å²) in [6.45, 7) is 0. The molecular formula is C30H26ClF2N3O6S. The van der Waals surface area contributed by atoms with Crippen LogP contribution in [-0.4, -0.2) is 45.5 Å². The molecule has 13 heteroatoms. The first-order chi connectivity index (χ1) is 20.5. The van der Waals surface area contributed by atoms with Crippen LogP contribution in [0.4, 0.5) is 14.5 Å². The largest absolute Gasteiger partial charge is 0.386 e. The summed E-state index contributed by atoms with van der Waals surface area (Å²) in [4.78, 5) is 16.6. The maximum absolute atomic E-state index is 13.9. The summed E-state index contributed by atoms with van der Waals surface area (Å²) in [5.41, 5.74) is -0.887. The van der Waals surface area contributed by atoms with Crippen LogP contribution >= 0.6 is 11.6 Å². The van der Waals surface area contributed by atoms with Crippen molar-refractivity contribution in [1.82, 2.24) is 10.1 Å². The molecule has 2 saturated carbocycles. The van der Waals surface area contributed by atoms with Gasteiger partial charge in [-0.05, 0) is 80.0 Å². The van der Waals surface area contributed by atoms with E-state index < -0.39 is 56.2 Å². The van der Waals surface area contributed by atoms with Crippen molar-refractivity contribution in [3.63, 3.8) is 0 Å². The number of carbonyl (C=O) groups excluding carboxylic acids is 1. The highest BCUT2D eigenvalue weighted by atomic mass is 35.5. The molecule has 1 amide bonds. The van der Waals surface area contributed by atoms with E-state index in [9.17, 15) is 32.2 Å². The monoisotopic (exact) mass is 629 g/mol. The summed E-state index contributed by atoms with van der Waals surface area (Å²) in [6.07, 6.45) is 2.90. The molecule has 0 spiro atoms. The summed E-state index contributed by atoms with van der Waals surface area (Å²) in [7, 11) is -4.09. The number of rotatable bonds is 7. The summed E-state index contributed by atoms with van der Waals surface area (Å²) in [5.74, 6) is -3.70. The molecule has 2 fully saturated rings. The lowest BCUT2D eigenvalue weighted by molar-refractivity contribution is -0.146. The first kappa shape index (κ1) is 29.4. The zero-order chi connectivity index (χ0) is 30.5. The Morgan fingerprint density at radius 1 is 1.07 bits per heavy atom. The molecule has 6 rings (SSSR count). The zero-order valence-corrected chi connectivity index (χ0v) is 24.0. The van der Waals surface area contributed by atoms with Crippen LogP contribution in [0.2, 0.25) is 5.02 Å². The number of nitrogens with one attached hydrogen (secondary N) is 1. The van der Waals surface area contributed by atoms with Crippen LogP contribution in [0.1, 0.15) is 47.8 Å². The SMILES string of the molecule is O=C(Nc1ccc(F)c(F)c1)c1ccc(Cl)c(S(=O)(=O)[C@@H]2CC3CC[C@@H](C2)[C@@]3(O)C(O)c2cc(-c3cccnc3)on2)c1. The number of sulfone groups is 1. The Hall–Kier alpha value is -3.71. The van der Waals surface area contributed by atoms with Crippen LogP contribution in [0, 0.1) is 23.5 Å². The standard InChI is InChI=1S/C30H26ClF2N3O6S/c31-22-7-3-16(29(38)35-20-6-8-23(32)24(33)13-20)10-27(22)43(40,41)21-11-18-4-5-19(12-21)30(18,39)28(37)25-14-26(42-36-25)17-2-1-9-34-15-17/h1-3,6-10,13-15,18-19,21,28,37,39H,4-5,11-12H2,(H,35,38)/t18-,19?,21-,28?,30-/m0/s1. The minimum absolute atomic E-state index is 0.00961. The van der Waals surface area contributed by atoms with Gasteiger partial charge in [0, 0.05) is 41.3 Å². The van der Waals surface area contributed by atoms with Crippen molar-refractivity contribution in [2.45, 2.75) is 47.5 Å². The Kier molecular flexibility index (Phi) is 7.57. The fraction of sp³-hybridized carbons (Fsp3) is 0.300. The van der Waals surface area contributed by atoms with Crippen molar-refractivity contribution in [3.8, 4) is 11.3 Å². The Morgan fingerprint density at radius 2 is 1.81 bits per heavy atom. The van der Waals surface area contributed by atoms with Crippen molar-refractivity contribution >= 4 is 33.0 Å². The number of benzene rings is 2. The van der Waals surface area contributed by atoms with E-state index in [1.807, 2.05) is 0 Å². The van der Waals surface area contributed by atoms with E-state index in [0.717, 1.165) is 18.2 Å². The van der Waals surface area contributed by atoms with Crippen LogP contribution in [0.15, 0.2) is 76.4 Å². The lowest BCUT2D eigenvalue weighted by Gasteiger charge is -2.44. The molecule has 0 saturated heterocycles. The van der Waals surface area contributed by atoms with Gasteiger partial charge in [0.25, 0.3) is 5.91 Å². The van der Waals surface area contributed by atoms with Crippen molar-refractivity contribution < 1.29 is 36.7 Å². The minimum atomic E-state index is -4.09. The Morgan fingerprint density at radius 3 is 2.49 bits per heavy atom. The lowest BCUT2D eigenvalue weighted by Crippen LogP contribution is -2.52. The quantitative estimate of drug-likeness (QED) is 0.248. The minimum Gasteiger partial charge on any atom is -0.386 e. The van der Waals surface area contributed by atoms with Crippen LogP contribution < -0.4 is 5.32 Å². The van der Waals surface area contributed by atoms with E-state index in [1.165, 1.54) is 18.2 Å². The molecule has 2 aromatic heterocycles. The number of nitrogens with zero attached hydrogens (tertiary/aromatic N) is 2. The van der Waals surface area contributed by atoms with Crippen LogP contribution in [0.5, 0.6) is 0 Å². The number of hydrogen-bond acceptors (Lipinski definition) is 8. The van der Waals surface area contributed by atoms with Crippen LogP contribution in [0.3, 0.4) is 0 Å². The van der Waals surface area contributed by atoms with E-state index in [0.29, 0.717) is 24.2 Å². The van der Waals surface area contributed by atoms with Gasteiger partial charge >= 0.3 is 0 Å². The van der Waals surface area contributed by atoms with Gasteiger partial charge < -0.3 is 20.1 Å². The van der Waals surface area contributed by atoms with E-state index >= 15 is 0 Å². The number of anilines is 1. The topological polar surface area (TPSA) is 143 Å². The second-order valence-electron chi connectivity index (χ2n) is 11.0. The van der Waals surface area contributed by atoms with E-state index in [4.69, 9.17) is 16.1 Å². The van der Waals surface area contributed by atoms with Gasteiger partial charge in [-0.2, -0.15) is 0 Å². The maximum Gasteiger partial charge on any atom is 0.255 e. The van der Waals surface area contributed by atoms with E-state index in [-0.39, 0.29) is 39.7 Å². The van der Waals surface area contributed by atoms with Gasteiger partial charge in [-0.25, -0.2) is 17.2 Å². The predicted octanol–water partition coefficient (Wildman–Crippen LogP) is 5.35. The fourth-order valence-corrected chi connectivity index (χ4v) is 8.76. The fourth-order valence-electron chi connectivity index (χ4n) is 6.36. The first-order valence-electron chi connectivity index (χ1n) is 13.6. The normalized spacial score (nSPS) is 24.1. The molecule has 0 aliphatic heterocycles. The second-order valence-corrected chi connectivity index (χ2v) is 13.6. The van der Waals surface area contributed by atoms with Gasteiger partial charge in [0.05, 0.1) is 15.2 Å². The third-order valence-electron chi connectivity index (χ3n) is 8.58. The highest BCUT2D eigenvalue weighted by molar-refractivity contribution is 7.92. The predicted molar refractivity (Wildman–Crippen MR) is 152 cm³/mol. The third kappa shape index (κ3) is 5.22. The van der Waals surface area contributed by atoms with Gasteiger partial charge in [-0.1, -0.05) is 16.8 Å². The number of amides is 1. The van der Waals surface area contributed by atoms with Gasteiger partial charge in [0.15, 0.2) is 27.2 Å². The number of halogens is 3. The zero-order valence-electron chi connectivity index (χ0n) is 22.5. The maximum atomic E-state index is 13.9. The molecule has 43 heavy (non-hydrogen) atoms. The molecule has 2 heterocycles. The molecule has 224 valence electrons. The van der Waals surface area contributed by atoms with Crippen molar-refractivity contribution in [2.75, 3.05) is 5.32 Å². The number of aliphatic hydroxyl groups is 2. The summed E-state index contributed by atoms with van der Waals surface area (Å²) >= 11 is 6.32. The molecule has 4 aromatic rings. The molecule has 2 aliphatic carbocycles. The number of fused-ring (bicyclic) bond motifs is 2. The first-order valence-corrected chi connectivity index (χ1v) is 15.5. The number of carbonyl (C=O) groups is 1. The smallest absolute Gasteiger partial charge is 0.255 e. The molecule has 9 nitrogen and oxygen atoms in total.